The van der Waals surface area contributed by atoms with Crippen molar-refractivity contribution >= 4 is 24.0 Å². The number of hydrogen-bond donors (Lipinski definition) is 1. The van der Waals surface area contributed by atoms with Gasteiger partial charge in [-0.1, -0.05) is 12.1 Å². The van der Waals surface area contributed by atoms with Gasteiger partial charge >= 0.3 is 12.2 Å². The number of halogens is 1. The Kier molecular flexibility index (Phi) is 8.33. The van der Waals surface area contributed by atoms with Crippen molar-refractivity contribution in [1.82, 2.24) is 19.8 Å². The molecule has 3 aliphatic rings. The van der Waals surface area contributed by atoms with Crippen molar-refractivity contribution in [3.8, 4) is 0 Å². The topological polar surface area (TPSA) is 100 Å². The molecule has 2 aromatic rings. The van der Waals surface area contributed by atoms with E-state index in [4.69, 9.17) is 9.47 Å². The second-order valence-electron chi connectivity index (χ2n) is 13.1. The first kappa shape index (κ1) is 30.0. The first-order chi connectivity index (χ1) is 19.8. The van der Waals surface area contributed by atoms with Gasteiger partial charge in [-0.2, -0.15) is 4.98 Å². The molecule has 1 N–H and O–H groups in total. The van der Waals surface area contributed by atoms with Gasteiger partial charge in [0.15, 0.2) is 0 Å². The van der Waals surface area contributed by atoms with Crippen molar-refractivity contribution in [3.05, 3.63) is 47.4 Å². The molecular formula is C31H43FN6O4. The highest BCUT2D eigenvalue weighted by molar-refractivity contribution is 5.90. The maximum atomic E-state index is 15.2. The molecule has 3 heterocycles. The minimum atomic E-state index is -0.527. The third-order valence-corrected chi connectivity index (χ3v) is 8.61. The van der Waals surface area contributed by atoms with E-state index in [9.17, 15) is 9.59 Å². The molecule has 11 heteroatoms. The molecule has 0 bridgehead atoms. The van der Waals surface area contributed by atoms with E-state index in [1.54, 1.807) is 35.2 Å². The minimum Gasteiger partial charge on any atom is -0.447 e. The summed E-state index contributed by atoms with van der Waals surface area (Å²) < 4.78 is 26.1. The van der Waals surface area contributed by atoms with Crippen molar-refractivity contribution in [2.75, 3.05) is 37.0 Å². The molecule has 2 amide bonds. The van der Waals surface area contributed by atoms with Gasteiger partial charge in [0, 0.05) is 44.5 Å². The lowest BCUT2D eigenvalue weighted by Crippen LogP contribution is -2.47. The normalized spacial score (nSPS) is 22.5. The van der Waals surface area contributed by atoms with Gasteiger partial charge in [-0.25, -0.2) is 19.0 Å². The van der Waals surface area contributed by atoms with Crippen LogP contribution in [0.25, 0.3) is 0 Å². The van der Waals surface area contributed by atoms with Gasteiger partial charge in [-0.15, -0.1) is 0 Å². The summed E-state index contributed by atoms with van der Waals surface area (Å²) in [6, 6.07) is 6.88. The maximum absolute atomic E-state index is 15.2. The lowest BCUT2D eigenvalue weighted by Gasteiger charge is -2.37. The molecule has 0 radical (unpaired) electrons. The molecule has 5 rings (SSSR count). The van der Waals surface area contributed by atoms with Crippen LogP contribution in [0.4, 0.5) is 25.7 Å². The van der Waals surface area contributed by atoms with Crippen LogP contribution in [-0.2, 0) is 16.0 Å². The number of anilines is 2. The molecule has 42 heavy (non-hydrogen) atoms. The van der Waals surface area contributed by atoms with E-state index in [-0.39, 0.29) is 30.1 Å². The summed E-state index contributed by atoms with van der Waals surface area (Å²) in [5.74, 6) is 1.00. The van der Waals surface area contributed by atoms with Crippen molar-refractivity contribution in [2.24, 2.45) is 5.92 Å². The van der Waals surface area contributed by atoms with Crippen LogP contribution < -0.4 is 10.2 Å². The summed E-state index contributed by atoms with van der Waals surface area (Å²) in [5, 5.41) is 3.26. The summed E-state index contributed by atoms with van der Waals surface area (Å²) in [4.78, 5) is 39.5. The van der Waals surface area contributed by atoms with Crippen LogP contribution in [0.1, 0.15) is 77.5 Å². The monoisotopic (exact) mass is 582 g/mol. The van der Waals surface area contributed by atoms with E-state index >= 15 is 4.39 Å². The Morgan fingerprint density at radius 2 is 1.95 bits per heavy atom. The van der Waals surface area contributed by atoms with Gasteiger partial charge in [0.2, 0.25) is 5.95 Å². The molecule has 3 fully saturated rings. The fourth-order valence-corrected chi connectivity index (χ4v) is 5.88. The van der Waals surface area contributed by atoms with Gasteiger partial charge < -0.3 is 19.7 Å². The Morgan fingerprint density at radius 1 is 1.24 bits per heavy atom. The van der Waals surface area contributed by atoms with Gasteiger partial charge in [0.1, 0.15) is 23.8 Å². The first-order valence-corrected chi connectivity index (χ1v) is 14.9. The van der Waals surface area contributed by atoms with Crippen LogP contribution in [0.5, 0.6) is 0 Å². The second-order valence-corrected chi connectivity index (χ2v) is 13.1. The zero-order chi connectivity index (χ0) is 30.2. The number of carbonyl (C=O) groups excluding carboxylic acids is 2. The summed E-state index contributed by atoms with van der Waals surface area (Å²) in [6.07, 6.45) is 4.69. The number of rotatable bonds is 8. The van der Waals surface area contributed by atoms with Crippen LogP contribution in [0.2, 0.25) is 0 Å². The number of nitrogens with one attached hydrogen (secondary N) is 1. The Morgan fingerprint density at radius 3 is 2.60 bits per heavy atom. The predicted molar refractivity (Wildman–Crippen MR) is 158 cm³/mol. The quantitative estimate of drug-likeness (QED) is 0.420. The Labute approximate surface area is 247 Å². The van der Waals surface area contributed by atoms with E-state index in [0.29, 0.717) is 36.4 Å². The zero-order valence-electron chi connectivity index (χ0n) is 25.5. The van der Waals surface area contributed by atoms with E-state index in [1.807, 2.05) is 46.8 Å². The number of benzene rings is 1. The molecule has 1 saturated carbocycles. The summed E-state index contributed by atoms with van der Waals surface area (Å²) in [5.41, 5.74) is 0.471. The Hall–Kier alpha value is -3.47. The van der Waals surface area contributed by atoms with Crippen LogP contribution in [-0.4, -0.2) is 75.9 Å². The number of piperidine rings is 1. The van der Waals surface area contributed by atoms with Crippen molar-refractivity contribution in [2.45, 2.75) is 90.1 Å². The lowest BCUT2D eigenvalue weighted by molar-refractivity contribution is 0.0148. The largest absolute Gasteiger partial charge is 0.447 e. The molecule has 1 aromatic carbocycles. The molecule has 1 aromatic heterocycles. The number of nitrogens with zero attached hydrogens (tertiary/aromatic N) is 5. The molecule has 10 nitrogen and oxygen atoms in total. The third-order valence-electron chi connectivity index (χ3n) is 8.61. The highest BCUT2D eigenvalue weighted by Gasteiger charge is 2.54. The molecule has 2 atom stereocenters. The summed E-state index contributed by atoms with van der Waals surface area (Å²) in [7, 11) is 1.79. The lowest BCUT2D eigenvalue weighted by atomic mass is 9.96. The van der Waals surface area contributed by atoms with E-state index in [2.05, 4.69) is 20.2 Å². The summed E-state index contributed by atoms with van der Waals surface area (Å²) >= 11 is 0. The number of ether oxygens (including phenoxy) is 2. The number of cyclic esters (lactones) is 1. The van der Waals surface area contributed by atoms with Crippen molar-refractivity contribution < 1.29 is 23.5 Å². The summed E-state index contributed by atoms with van der Waals surface area (Å²) in [6.45, 7) is 12.0. The van der Waals surface area contributed by atoms with Crippen LogP contribution >= 0.6 is 0 Å². The SMILES string of the molecule is C[C@H](Nc1nccc(N2C(=O)OC[C@]2(C)C2CC2)n1)c1ccc(CN2CCC(N(C)C(=O)OC(C)(C)C)CC2)c(F)c1. The van der Waals surface area contributed by atoms with Crippen LogP contribution in [0.15, 0.2) is 30.5 Å². The van der Waals surface area contributed by atoms with Crippen LogP contribution in [0.3, 0.4) is 0 Å². The smallest absolute Gasteiger partial charge is 0.416 e. The Balaban J connectivity index is 1.17. The maximum Gasteiger partial charge on any atom is 0.416 e. The molecule has 228 valence electrons. The number of amides is 2. The molecule has 0 unspecified atom stereocenters. The highest BCUT2D eigenvalue weighted by Crippen LogP contribution is 2.47. The average Bonchev–Trinajstić information content (AvgIpc) is 3.74. The van der Waals surface area contributed by atoms with E-state index in [0.717, 1.165) is 44.3 Å². The first-order valence-electron chi connectivity index (χ1n) is 14.9. The van der Waals surface area contributed by atoms with Gasteiger partial charge in [0.05, 0.1) is 11.6 Å². The number of aromatic nitrogens is 2. The predicted octanol–water partition coefficient (Wildman–Crippen LogP) is 5.75. The van der Waals surface area contributed by atoms with E-state index in [1.165, 1.54) is 0 Å². The van der Waals surface area contributed by atoms with Crippen molar-refractivity contribution in [3.63, 3.8) is 0 Å². The molecule has 2 saturated heterocycles. The molecule has 0 spiro atoms. The van der Waals surface area contributed by atoms with Crippen LogP contribution in [0, 0.1) is 11.7 Å². The molecular weight excluding hydrogens is 539 g/mol. The fourth-order valence-electron chi connectivity index (χ4n) is 5.88. The van der Waals surface area contributed by atoms with E-state index < -0.39 is 11.1 Å². The second kappa shape index (κ2) is 11.7. The highest BCUT2D eigenvalue weighted by atomic mass is 19.1. The Bertz CT molecular complexity index is 1310. The van der Waals surface area contributed by atoms with Gasteiger partial charge in [-0.3, -0.25) is 9.80 Å². The molecule has 1 aliphatic carbocycles. The number of likely N-dealkylation sites (tertiary alicyclic amines) is 1. The minimum absolute atomic E-state index is 0.106. The van der Waals surface area contributed by atoms with Gasteiger partial charge in [-0.05, 0) is 83.9 Å². The molecule has 2 aliphatic heterocycles. The van der Waals surface area contributed by atoms with Gasteiger partial charge in [0.25, 0.3) is 0 Å². The average molecular weight is 583 g/mol. The zero-order valence-corrected chi connectivity index (χ0v) is 25.5. The fraction of sp³-hybridized carbons (Fsp3) is 0.613. The number of hydrogen-bond acceptors (Lipinski definition) is 8. The van der Waals surface area contributed by atoms with Crippen molar-refractivity contribution in [1.29, 1.82) is 0 Å². The number of carbonyl (C=O) groups is 2. The third kappa shape index (κ3) is 6.61. The standard InChI is InChI=1S/C31H43FN6O4/c1-20(34-27-33-14-11-26(35-27)38-29(40)41-19-31(38,5)23-9-10-23)21-7-8-22(25(32)17-21)18-37-15-12-24(13-16-37)36(6)28(39)42-30(2,3)4/h7-8,11,14,17,20,23-24H,9-10,12-13,15-16,18-19H2,1-6H3,(H,33,34,35)/t20-,31+/m0/s1.